The van der Waals surface area contributed by atoms with E-state index in [1.54, 1.807) is 6.33 Å². The van der Waals surface area contributed by atoms with E-state index in [0.717, 1.165) is 37.7 Å². The van der Waals surface area contributed by atoms with E-state index >= 15 is 0 Å². The van der Waals surface area contributed by atoms with E-state index < -0.39 is 0 Å². The van der Waals surface area contributed by atoms with E-state index in [4.69, 9.17) is 0 Å². The molecule has 6 heteroatoms. The fraction of sp³-hybridized carbons (Fsp3) is 0.615. The van der Waals surface area contributed by atoms with E-state index in [2.05, 4.69) is 34.2 Å². The first-order valence-corrected chi connectivity index (χ1v) is 6.70. The molecule has 19 heavy (non-hydrogen) atoms. The fourth-order valence-electron chi connectivity index (χ4n) is 1.85. The van der Waals surface area contributed by atoms with Gasteiger partial charge in [0.15, 0.2) is 5.82 Å². The molecule has 6 nitrogen and oxygen atoms in total. The molecular weight excluding hydrogens is 240 g/mol. The molecule has 2 aromatic heterocycles. The van der Waals surface area contributed by atoms with Crippen molar-refractivity contribution in [1.82, 2.24) is 29.6 Å². The van der Waals surface area contributed by atoms with E-state index in [-0.39, 0.29) is 0 Å². The van der Waals surface area contributed by atoms with Crippen LogP contribution in [-0.4, -0.2) is 30.9 Å². The van der Waals surface area contributed by atoms with Gasteiger partial charge in [0.1, 0.15) is 12.2 Å². The maximum absolute atomic E-state index is 4.44. The van der Waals surface area contributed by atoms with Crippen LogP contribution in [0.15, 0.2) is 18.7 Å². The highest BCUT2D eigenvalue weighted by molar-refractivity contribution is 4.91. The highest BCUT2D eigenvalue weighted by Gasteiger charge is 2.03. The number of hydrogen-bond donors (Lipinski definition) is 1. The highest BCUT2D eigenvalue weighted by atomic mass is 15.3. The maximum Gasteiger partial charge on any atom is 0.164 e. The molecule has 0 bridgehead atoms. The standard InChI is InChI=1S/C13H22N6/c1-11(2)8-14-9-12-16-10-19(17-12)6-4-13-15-5-7-18(13)3/h5,7,10-11,14H,4,6,8-9H2,1-3H3. The quantitative estimate of drug-likeness (QED) is 0.808. The van der Waals surface area contributed by atoms with E-state index in [9.17, 15) is 0 Å². The fourth-order valence-corrected chi connectivity index (χ4v) is 1.85. The summed E-state index contributed by atoms with van der Waals surface area (Å²) in [6.07, 6.45) is 6.43. The molecule has 1 N–H and O–H groups in total. The lowest BCUT2D eigenvalue weighted by molar-refractivity contribution is 0.534. The number of nitrogens with one attached hydrogen (secondary N) is 1. The van der Waals surface area contributed by atoms with Crippen molar-refractivity contribution in [3.63, 3.8) is 0 Å². The van der Waals surface area contributed by atoms with E-state index in [1.165, 1.54) is 0 Å². The van der Waals surface area contributed by atoms with Crippen LogP contribution in [0.3, 0.4) is 0 Å². The minimum absolute atomic E-state index is 0.644. The van der Waals surface area contributed by atoms with Crippen LogP contribution >= 0.6 is 0 Å². The molecule has 2 aromatic rings. The van der Waals surface area contributed by atoms with Crippen molar-refractivity contribution >= 4 is 0 Å². The second-order valence-corrected chi connectivity index (χ2v) is 5.15. The van der Waals surface area contributed by atoms with E-state index in [0.29, 0.717) is 5.92 Å². The average Bonchev–Trinajstić information content (AvgIpc) is 2.95. The first kappa shape index (κ1) is 13.7. The second-order valence-electron chi connectivity index (χ2n) is 5.15. The van der Waals surface area contributed by atoms with Crippen LogP contribution in [0.5, 0.6) is 0 Å². The summed E-state index contributed by atoms with van der Waals surface area (Å²) in [5.74, 6) is 2.56. The van der Waals surface area contributed by atoms with Crippen LogP contribution < -0.4 is 5.32 Å². The van der Waals surface area contributed by atoms with Crippen molar-refractivity contribution in [2.75, 3.05) is 6.54 Å². The third kappa shape index (κ3) is 4.17. The highest BCUT2D eigenvalue weighted by Crippen LogP contribution is 1.98. The molecule has 0 aliphatic rings. The molecule has 0 fully saturated rings. The normalized spacial score (nSPS) is 11.4. The summed E-state index contributed by atoms with van der Waals surface area (Å²) in [5, 5.41) is 7.78. The Bertz CT molecular complexity index is 499. The van der Waals surface area contributed by atoms with Crippen molar-refractivity contribution < 1.29 is 0 Å². The van der Waals surface area contributed by atoms with Gasteiger partial charge in [0, 0.05) is 32.4 Å². The van der Waals surface area contributed by atoms with Gasteiger partial charge < -0.3 is 9.88 Å². The van der Waals surface area contributed by atoms with Crippen molar-refractivity contribution in [2.45, 2.75) is 33.4 Å². The average molecular weight is 262 g/mol. The molecule has 2 heterocycles. The van der Waals surface area contributed by atoms with E-state index in [1.807, 2.05) is 28.7 Å². The Kier molecular flexibility index (Phi) is 4.68. The first-order valence-electron chi connectivity index (χ1n) is 6.70. The van der Waals surface area contributed by atoms with Gasteiger partial charge in [0.25, 0.3) is 0 Å². The molecule has 0 atom stereocenters. The van der Waals surface area contributed by atoms with Gasteiger partial charge >= 0.3 is 0 Å². The summed E-state index contributed by atoms with van der Waals surface area (Å²) >= 11 is 0. The monoisotopic (exact) mass is 262 g/mol. The predicted octanol–water partition coefficient (Wildman–Crippen LogP) is 1.000. The number of nitrogens with zero attached hydrogens (tertiary/aromatic N) is 5. The van der Waals surface area contributed by atoms with Gasteiger partial charge in [0.2, 0.25) is 0 Å². The molecule has 0 aliphatic heterocycles. The Morgan fingerprint density at radius 2 is 2.16 bits per heavy atom. The van der Waals surface area contributed by atoms with Gasteiger partial charge in [-0.1, -0.05) is 13.8 Å². The van der Waals surface area contributed by atoms with Crippen LogP contribution in [0.25, 0.3) is 0 Å². The van der Waals surface area contributed by atoms with Crippen molar-refractivity contribution in [2.24, 2.45) is 13.0 Å². The zero-order valence-electron chi connectivity index (χ0n) is 11.9. The number of hydrogen-bond acceptors (Lipinski definition) is 4. The predicted molar refractivity (Wildman–Crippen MR) is 73.5 cm³/mol. The first-order chi connectivity index (χ1) is 9.15. The van der Waals surface area contributed by atoms with Crippen LogP contribution in [0, 0.1) is 5.92 Å². The zero-order chi connectivity index (χ0) is 13.7. The lowest BCUT2D eigenvalue weighted by Crippen LogP contribution is -2.19. The lowest BCUT2D eigenvalue weighted by atomic mass is 10.2. The Hall–Kier alpha value is -1.69. The summed E-state index contributed by atoms with van der Waals surface area (Å²) in [7, 11) is 2.00. The molecule has 0 aromatic carbocycles. The van der Waals surface area contributed by atoms with Crippen molar-refractivity contribution in [3.05, 3.63) is 30.4 Å². The number of aryl methyl sites for hydroxylation is 3. The molecular formula is C13H22N6. The second kappa shape index (κ2) is 6.47. The van der Waals surface area contributed by atoms with Gasteiger partial charge in [-0.25, -0.2) is 9.97 Å². The molecule has 2 rings (SSSR count). The Morgan fingerprint density at radius 3 is 2.84 bits per heavy atom. The third-order valence-electron chi connectivity index (χ3n) is 2.91. The lowest BCUT2D eigenvalue weighted by Gasteiger charge is -2.04. The van der Waals surface area contributed by atoms with Crippen molar-refractivity contribution in [3.8, 4) is 0 Å². The molecule has 0 radical (unpaired) electrons. The minimum Gasteiger partial charge on any atom is -0.338 e. The van der Waals surface area contributed by atoms with Crippen molar-refractivity contribution in [1.29, 1.82) is 0 Å². The number of rotatable bonds is 7. The Morgan fingerprint density at radius 1 is 1.32 bits per heavy atom. The van der Waals surface area contributed by atoms with Crippen LogP contribution in [0.1, 0.15) is 25.5 Å². The molecule has 0 spiro atoms. The molecule has 0 amide bonds. The summed E-state index contributed by atoms with van der Waals surface area (Å²) in [5.41, 5.74) is 0. The molecule has 104 valence electrons. The minimum atomic E-state index is 0.644. The largest absolute Gasteiger partial charge is 0.338 e. The van der Waals surface area contributed by atoms with Gasteiger partial charge in [0.05, 0.1) is 6.54 Å². The van der Waals surface area contributed by atoms with Crippen LogP contribution in [-0.2, 0) is 26.6 Å². The number of imidazole rings is 1. The maximum atomic E-state index is 4.44. The summed E-state index contributed by atoms with van der Waals surface area (Å²) in [6.45, 7) is 6.90. The smallest absolute Gasteiger partial charge is 0.164 e. The Balaban J connectivity index is 1.79. The van der Waals surface area contributed by atoms with Gasteiger partial charge in [-0.05, 0) is 12.5 Å². The Labute approximate surface area is 113 Å². The van der Waals surface area contributed by atoms with Gasteiger partial charge in [-0.15, -0.1) is 0 Å². The summed E-state index contributed by atoms with van der Waals surface area (Å²) in [6, 6.07) is 0. The van der Waals surface area contributed by atoms with Crippen LogP contribution in [0.2, 0.25) is 0 Å². The summed E-state index contributed by atoms with van der Waals surface area (Å²) in [4.78, 5) is 8.59. The van der Waals surface area contributed by atoms with Gasteiger partial charge in [-0.3, -0.25) is 4.68 Å². The SMILES string of the molecule is CC(C)CNCc1ncn(CCc2nccn2C)n1. The topological polar surface area (TPSA) is 60.6 Å². The van der Waals surface area contributed by atoms with Gasteiger partial charge in [-0.2, -0.15) is 5.10 Å². The van der Waals surface area contributed by atoms with Crippen LogP contribution in [0.4, 0.5) is 0 Å². The molecule has 0 saturated heterocycles. The zero-order valence-corrected chi connectivity index (χ0v) is 11.9. The molecule has 0 unspecified atom stereocenters. The molecule has 0 aliphatic carbocycles. The number of aromatic nitrogens is 5. The molecule has 0 saturated carbocycles. The summed E-state index contributed by atoms with van der Waals surface area (Å²) < 4.78 is 3.91. The third-order valence-corrected chi connectivity index (χ3v) is 2.91.